The van der Waals surface area contributed by atoms with Crippen molar-refractivity contribution >= 4 is 23.7 Å². The van der Waals surface area contributed by atoms with Crippen molar-refractivity contribution < 1.29 is 9.53 Å². The molecule has 4 rings (SSSR count). The zero-order chi connectivity index (χ0) is 21.9. The maximum absolute atomic E-state index is 10.1. The topological polar surface area (TPSA) is 52.3 Å². The maximum atomic E-state index is 10.1. The summed E-state index contributed by atoms with van der Waals surface area (Å²) in [5, 5.41) is 0. The van der Waals surface area contributed by atoms with Gasteiger partial charge in [-0.3, -0.25) is 4.79 Å². The molecule has 3 nitrogen and oxygen atoms in total. The summed E-state index contributed by atoms with van der Waals surface area (Å²) in [5.74, 6) is 2.72. The van der Waals surface area contributed by atoms with Crippen molar-refractivity contribution in [2.24, 2.45) is 0 Å². The number of carbonyl (C=O) groups excluding carboxylic acids is 1. The normalized spacial score (nSPS) is 14.2. The second kappa shape index (κ2) is 12.1. The van der Waals surface area contributed by atoms with Crippen LogP contribution in [0, 0.1) is 6.92 Å². The summed E-state index contributed by atoms with van der Waals surface area (Å²) in [5.41, 5.74) is 11.0. The van der Waals surface area contributed by atoms with Gasteiger partial charge in [0.1, 0.15) is 12.0 Å². The summed E-state index contributed by atoms with van der Waals surface area (Å²) >= 11 is 1.98. The van der Waals surface area contributed by atoms with Crippen molar-refractivity contribution in [3.05, 3.63) is 89.0 Å². The van der Waals surface area contributed by atoms with E-state index in [-0.39, 0.29) is 0 Å². The quantitative estimate of drug-likeness (QED) is 0.385. The number of nitrogens with two attached hydrogens (primary N) is 1. The van der Waals surface area contributed by atoms with E-state index in [1.807, 2.05) is 25.6 Å². The predicted molar refractivity (Wildman–Crippen MR) is 129 cm³/mol. The van der Waals surface area contributed by atoms with E-state index in [9.17, 15) is 4.79 Å². The summed E-state index contributed by atoms with van der Waals surface area (Å²) in [6.07, 6.45) is 1.94. The minimum absolute atomic E-state index is 0.617. The van der Waals surface area contributed by atoms with E-state index >= 15 is 0 Å². The van der Waals surface area contributed by atoms with Crippen LogP contribution < -0.4 is 10.5 Å². The monoisotopic (exact) mass is 421 g/mol. The predicted octanol–water partition coefficient (Wildman–Crippen LogP) is 6.54. The first kappa shape index (κ1) is 23.6. The lowest BCUT2D eigenvalue weighted by Gasteiger charge is -2.25. The number of ether oxygens (including phenoxy) is 1. The Bertz CT molecular complexity index is 921. The molecule has 1 unspecified atom stereocenters. The number of aldehydes is 1. The van der Waals surface area contributed by atoms with Crippen LogP contribution in [0.1, 0.15) is 46.8 Å². The van der Waals surface area contributed by atoms with Gasteiger partial charge in [0.15, 0.2) is 0 Å². The maximum Gasteiger partial charge on any atom is 0.150 e. The van der Waals surface area contributed by atoms with E-state index in [0.29, 0.717) is 17.2 Å². The first-order chi connectivity index (χ1) is 14.6. The minimum atomic E-state index is 0.617. The lowest BCUT2D eigenvalue weighted by Crippen LogP contribution is -2.11. The van der Waals surface area contributed by atoms with Gasteiger partial charge in [-0.05, 0) is 72.9 Å². The van der Waals surface area contributed by atoms with E-state index in [4.69, 9.17) is 10.5 Å². The molecule has 2 N–H and O–H groups in total. The molecule has 3 aromatic rings. The van der Waals surface area contributed by atoms with Crippen LogP contribution in [0.3, 0.4) is 0 Å². The van der Waals surface area contributed by atoms with E-state index in [2.05, 4.69) is 49.4 Å². The highest BCUT2D eigenvalue weighted by Crippen LogP contribution is 2.38. The molecule has 0 bridgehead atoms. The number of anilines is 1. The highest BCUT2D eigenvalue weighted by atomic mass is 32.2. The largest absolute Gasteiger partial charge is 0.497 e. The van der Waals surface area contributed by atoms with Crippen LogP contribution in [0.15, 0.2) is 71.6 Å². The lowest BCUT2D eigenvalue weighted by molar-refractivity contribution is 0.112. The molecule has 1 atom stereocenters. The summed E-state index contributed by atoms with van der Waals surface area (Å²) in [6, 6.07) is 22.1. The fourth-order valence-electron chi connectivity index (χ4n) is 3.14. The molecule has 4 heteroatoms. The highest BCUT2D eigenvalue weighted by molar-refractivity contribution is 7.99. The molecule has 0 fully saturated rings. The number of hydrogen-bond acceptors (Lipinski definition) is 4. The molecular weight excluding hydrogens is 390 g/mol. The molecule has 0 aromatic heterocycles. The average Bonchev–Trinajstić information content (AvgIpc) is 2.81. The van der Waals surface area contributed by atoms with Crippen molar-refractivity contribution in [3.8, 4) is 5.75 Å². The Kier molecular flexibility index (Phi) is 9.49. The van der Waals surface area contributed by atoms with Crippen LogP contribution in [0.5, 0.6) is 5.75 Å². The number of hydrogen-bond donors (Lipinski definition) is 1. The van der Waals surface area contributed by atoms with Crippen LogP contribution in [0.25, 0.3) is 0 Å². The van der Waals surface area contributed by atoms with Crippen LogP contribution >= 0.6 is 11.8 Å². The Labute approximate surface area is 184 Å². The summed E-state index contributed by atoms with van der Waals surface area (Å²) < 4.78 is 5.22. The van der Waals surface area contributed by atoms with Crippen molar-refractivity contribution in [3.63, 3.8) is 0 Å². The van der Waals surface area contributed by atoms with E-state index < -0.39 is 0 Å². The Morgan fingerprint density at radius 1 is 1.00 bits per heavy atom. The Morgan fingerprint density at radius 2 is 1.67 bits per heavy atom. The van der Waals surface area contributed by atoms with Gasteiger partial charge in [0.2, 0.25) is 0 Å². The number of thioether (sulfide) groups is 1. The van der Waals surface area contributed by atoms with Crippen molar-refractivity contribution in [1.29, 1.82) is 0 Å². The van der Waals surface area contributed by atoms with Crippen molar-refractivity contribution in [2.45, 2.75) is 38.0 Å². The molecule has 0 radical (unpaired) electrons. The first-order valence-electron chi connectivity index (χ1n) is 10.3. The molecule has 0 aliphatic carbocycles. The molecule has 1 aliphatic heterocycles. The molecule has 0 saturated carbocycles. The van der Waals surface area contributed by atoms with Gasteiger partial charge in [-0.2, -0.15) is 0 Å². The van der Waals surface area contributed by atoms with Gasteiger partial charge in [0, 0.05) is 21.9 Å². The van der Waals surface area contributed by atoms with Crippen LogP contribution in [0.4, 0.5) is 5.69 Å². The standard InChI is InChI=1S/C17H18OS.C7H7NO.C2H6/c1-12-3-4-14-10-15(11-19-17(14)9-12)13-5-7-16(18-2)8-6-13;8-7-3-1-6(5-9)2-4-7;1-2/h3-9,15H,10-11H2,1-2H3;1-5H,8H2;1-2H3. The molecule has 158 valence electrons. The van der Waals surface area contributed by atoms with Crippen LogP contribution in [0.2, 0.25) is 0 Å². The van der Waals surface area contributed by atoms with Gasteiger partial charge in [-0.1, -0.05) is 43.7 Å². The van der Waals surface area contributed by atoms with Crippen LogP contribution in [-0.4, -0.2) is 19.1 Å². The van der Waals surface area contributed by atoms with E-state index in [1.165, 1.54) is 27.3 Å². The SMILES string of the molecule is CC.COc1ccc(C2CSc3cc(C)ccc3C2)cc1.Nc1ccc(C=O)cc1. The first-order valence-corrected chi connectivity index (χ1v) is 11.2. The fraction of sp³-hybridized carbons (Fsp3) is 0.269. The molecular formula is C26H31NO2S. The third kappa shape index (κ3) is 6.67. The lowest BCUT2D eigenvalue weighted by atomic mass is 9.92. The zero-order valence-electron chi connectivity index (χ0n) is 18.2. The Balaban J connectivity index is 0.000000245. The number of nitrogen functional groups attached to an aromatic ring is 1. The smallest absolute Gasteiger partial charge is 0.150 e. The van der Waals surface area contributed by atoms with Crippen molar-refractivity contribution in [1.82, 2.24) is 0 Å². The third-order valence-electron chi connectivity index (χ3n) is 4.79. The van der Waals surface area contributed by atoms with Crippen molar-refractivity contribution in [2.75, 3.05) is 18.6 Å². The number of rotatable bonds is 3. The summed E-state index contributed by atoms with van der Waals surface area (Å²) in [4.78, 5) is 11.5. The van der Waals surface area contributed by atoms with Gasteiger partial charge in [0.05, 0.1) is 7.11 Å². The highest BCUT2D eigenvalue weighted by Gasteiger charge is 2.20. The van der Waals surface area contributed by atoms with Gasteiger partial charge in [0.25, 0.3) is 0 Å². The number of carbonyl (C=O) groups is 1. The van der Waals surface area contributed by atoms with E-state index in [0.717, 1.165) is 18.5 Å². The molecule has 30 heavy (non-hydrogen) atoms. The molecule has 3 aromatic carbocycles. The zero-order valence-corrected chi connectivity index (χ0v) is 19.0. The molecule has 1 aliphatic rings. The second-order valence-electron chi connectivity index (χ2n) is 6.88. The molecule has 0 saturated heterocycles. The number of fused-ring (bicyclic) bond motifs is 1. The van der Waals surface area contributed by atoms with Gasteiger partial charge < -0.3 is 10.5 Å². The van der Waals surface area contributed by atoms with Gasteiger partial charge >= 0.3 is 0 Å². The van der Waals surface area contributed by atoms with Gasteiger partial charge in [-0.15, -0.1) is 11.8 Å². The number of aryl methyl sites for hydroxylation is 1. The second-order valence-corrected chi connectivity index (χ2v) is 7.94. The van der Waals surface area contributed by atoms with E-state index in [1.54, 1.807) is 31.4 Å². The minimum Gasteiger partial charge on any atom is -0.497 e. The summed E-state index contributed by atoms with van der Waals surface area (Å²) in [7, 11) is 1.71. The summed E-state index contributed by atoms with van der Waals surface area (Å²) in [6.45, 7) is 6.16. The van der Waals surface area contributed by atoms with Crippen LogP contribution in [-0.2, 0) is 6.42 Å². The number of methoxy groups -OCH3 is 1. The molecule has 1 heterocycles. The average molecular weight is 422 g/mol. The molecule has 0 spiro atoms. The third-order valence-corrected chi connectivity index (χ3v) is 6.05. The fourth-order valence-corrected chi connectivity index (χ4v) is 4.44. The number of benzene rings is 3. The Hall–Kier alpha value is -2.72. The Morgan fingerprint density at radius 3 is 2.27 bits per heavy atom. The van der Waals surface area contributed by atoms with Gasteiger partial charge in [-0.25, -0.2) is 0 Å². The molecule has 0 amide bonds.